The van der Waals surface area contributed by atoms with Crippen LogP contribution in [0.3, 0.4) is 0 Å². The van der Waals surface area contributed by atoms with E-state index in [4.69, 9.17) is 14.9 Å². The third kappa shape index (κ3) is 2.78. The minimum absolute atomic E-state index is 0.0484. The predicted octanol–water partition coefficient (Wildman–Crippen LogP) is -0.0740. The Morgan fingerprint density at radius 1 is 1.56 bits per heavy atom. The fourth-order valence-corrected chi connectivity index (χ4v) is 1.79. The van der Waals surface area contributed by atoms with Crippen LogP contribution >= 0.6 is 0 Å². The van der Waals surface area contributed by atoms with Gasteiger partial charge in [0, 0.05) is 26.1 Å². The molecule has 1 fully saturated rings. The molecule has 2 atom stereocenters. The van der Waals surface area contributed by atoms with Crippen molar-refractivity contribution in [2.75, 3.05) is 19.7 Å². The summed E-state index contributed by atoms with van der Waals surface area (Å²) in [4.78, 5) is 2.23. The number of hydrogen-bond acceptors (Lipinski definition) is 6. The zero-order chi connectivity index (χ0) is 11.5. The van der Waals surface area contributed by atoms with Gasteiger partial charge in [0.1, 0.15) is 0 Å². The maximum atomic E-state index is 5.82. The molecule has 90 valence electrons. The molecule has 1 aromatic rings. The Hall–Kier alpha value is -0.980. The molecule has 16 heavy (non-hydrogen) atoms. The number of nitrogens with zero attached hydrogens (tertiary/aromatic N) is 3. The smallest absolute Gasteiger partial charge is 0.230 e. The lowest BCUT2D eigenvalue weighted by molar-refractivity contribution is -0.0424. The molecule has 2 rings (SSSR count). The first-order valence-electron chi connectivity index (χ1n) is 5.53. The number of ether oxygens (including phenoxy) is 1. The Morgan fingerprint density at radius 2 is 2.38 bits per heavy atom. The van der Waals surface area contributed by atoms with Crippen LogP contribution in [0.4, 0.5) is 0 Å². The Bertz CT molecular complexity index is 339. The van der Waals surface area contributed by atoms with Crippen molar-refractivity contribution in [2.45, 2.75) is 32.5 Å². The average Bonchev–Trinajstić information content (AvgIpc) is 2.64. The van der Waals surface area contributed by atoms with E-state index in [0.717, 1.165) is 13.1 Å². The highest BCUT2D eigenvalue weighted by Crippen LogP contribution is 2.11. The highest BCUT2D eigenvalue weighted by atomic mass is 16.5. The van der Waals surface area contributed by atoms with Gasteiger partial charge in [-0.25, -0.2) is 0 Å². The van der Waals surface area contributed by atoms with Crippen molar-refractivity contribution in [3.63, 3.8) is 0 Å². The molecule has 2 heterocycles. The molecular formula is C10H18N4O2. The largest absolute Gasteiger partial charge is 0.424 e. The molecule has 6 nitrogen and oxygen atoms in total. The van der Waals surface area contributed by atoms with Crippen LogP contribution in [0.15, 0.2) is 4.42 Å². The van der Waals surface area contributed by atoms with Crippen LogP contribution < -0.4 is 5.73 Å². The number of aromatic nitrogens is 2. The summed E-state index contributed by atoms with van der Waals surface area (Å²) in [6.07, 6.45) is 0.0952. The Labute approximate surface area is 94.8 Å². The third-order valence-electron chi connectivity index (χ3n) is 2.69. The lowest BCUT2D eigenvalue weighted by Gasteiger charge is -2.33. The van der Waals surface area contributed by atoms with Crippen molar-refractivity contribution in [1.29, 1.82) is 0 Å². The molecule has 6 heteroatoms. The molecule has 0 spiro atoms. The first-order chi connectivity index (χ1) is 7.65. The summed E-state index contributed by atoms with van der Waals surface area (Å²) >= 11 is 0. The zero-order valence-corrected chi connectivity index (χ0v) is 9.72. The highest BCUT2D eigenvalue weighted by Gasteiger charge is 2.24. The van der Waals surface area contributed by atoms with Crippen LogP contribution in [0.5, 0.6) is 0 Å². The van der Waals surface area contributed by atoms with Crippen molar-refractivity contribution in [3.05, 3.63) is 11.8 Å². The number of hydrogen-bond donors (Lipinski definition) is 1. The predicted molar refractivity (Wildman–Crippen MR) is 57.7 cm³/mol. The van der Waals surface area contributed by atoms with Gasteiger partial charge >= 0.3 is 0 Å². The molecule has 0 bridgehead atoms. The van der Waals surface area contributed by atoms with Gasteiger partial charge in [0.2, 0.25) is 11.8 Å². The molecule has 1 saturated heterocycles. The van der Waals surface area contributed by atoms with E-state index < -0.39 is 0 Å². The Morgan fingerprint density at radius 3 is 3.00 bits per heavy atom. The number of morpholine rings is 1. The van der Waals surface area contributed by atoms with E-state index in [9.17, 15) is 0 Å². The third-order valence-corrected chi connectivity index (χ3v) is 2.69. The SMILES string of the molecule is Cc1nnc(CN2CCOC(C(C)N)C2)o1. The molecule has 0 aliphatic carbocycles. The Balaban J connectivity index is 1.90. The first kappa shape index (κ1) is 11.5. The van der Waals surface area contributed by atoms with Crippen molar-refractivity contribution < 1.29 is 9.15 Å². The Kier molecular flexibility index (Phi) is 3.52. The van der Waals surface area contributed by atoms with Crippen LogP contribution in [-0.2, 0) is 11.3 Å². The summed E-state index contributed by atoms with van der Waals surface area (Å²) in [7, 11) is 0. The van der Waals surface area contributed by atoms with E-state index >= 15 is 0 Å². The maximum Gasteiger partial charge on any atom is 0.230 e. The van der Waals surface area contributed by atoms with Gasteiger partial charge in [-0.1, -0.05) is 0 Å². The van der Waals surface area contributed by atoms with Gasteiger partial charge in [0.25, 0.3) is 0 Å². The summed E-state index contributed by atoms with van der Waals surface area (Å²) in [5.74, 6) is 1.26. The van der Waals surface area contributed by atoms with Crippen LogP contribution in [-0.4, -0.2) is 46.9 Å². The minimum Gasteiger partial charge on any atom is -0.424 e. The van der Waals surface area contributed by atoms with E-state index in [2.05, 4.69) is 15.1 Å². The van der Waals surface area contributed by atoms with Crippen LogP contribution in [0.2, 0.25) is 0 Å². The van der Waals surface area contributed by atoms with Gasteiger partial charge in [-0.15, -0.1) is 10.2 Å². The summed E-state index contributed by atoms with van der Waals surface area (Å²) < 4.78 is 10.9. The van der Waals surface area contributed by atoms with Gasteiger partial charge in [0.15, 0.2) is 0 Å². The molecule has 0 saturated carbocycles. The molecular weight excluding hydrogens is 208 g/mol. The average molecular weight is 226 g/mol. The van der Waals surface area contributed by atoms with Crippen molar-refractivity contribution in [1.82, 2.24) is 15.1 Å². The second-order valence-electron chi connectivity index (χ2n) is 4.22. The van der Waals surface area contributed by atoms with E-state index in [0.29, 0.717) is 24.9 Å². The first-order valence-corrected chi connectivity index (χ1v) is 5.53. The van der Waals surface area contributed by atoms with Crippen LogP contribution in [0, 0.1) is 6.92 Å². The molecule has 2 N–H and O–H groups in total. The normalized spacial score (nSPS) is 24.6. The zero-order valence-electron chi connectivity index (χ0n) is 9.72. The molecule has 1 aliphatic heterocycles. The second-order valence-corrected chi connectivity index (χ2v) is 4.22. The van der Waals surface area contributed by atoms with Crippen molar-refractivity contribution >= 4 is 0 Å². The van der Waals surface area contributed by atoms with Crippen LogP contribution in [0.1, 0.15) is 18.7 Å². The maximum absolute atomic E-state index is 5.82. The lowest BCUT2D eigenvalue weighted by Crippen LogP contribution is -2.49. The van der Waals surface area contributed by atoms with Crippen molar-refractivity contribution in [2.24, 2.45) is 5.73 Å². The topological polar surface area (TPSA) is 77.4 Å². The summed E-state index contributed by atoms with van der Waals surface area (Å²) in [5, 5.41) is 7.79. The van der Waals surface area contributed by atoms with Gasteiger partial charge in [-0.3, -0.25) is 4.90 Å². The lowest BCUT2D eigenvalue weighted by atomic mass is 10.1. The second kappa shape index (κ2) is 4.90. The molecule has 0 amide bonds. The summed E-state index contributed by atoms with van der Waals surface area (Å²) in [6, 6.07) is 0.0484. The minimum atomic E-state index is 0.0484. The standard InChI is InChI=1S/C10H18N4O2/c1-7(11)9-5-14(3-4-15-9)6-10-13-12-8(2)16-10/h7,9H,3-6,11H2,1-2H3. The van der Waals surface area contributed by atoms with E-state index in [1.54, 1.807) is 6.92 Å². The fraction of sp³-hybridized carbons (Fsp3) is 0.800. The highest BCUT2D eigenvalue weighted by molar-refractivity contribution is 4.83. The van der Waals surface area contributed by atoms with Crippen LogP contribution in [0.25, 0.3) is 0 Å². The molecule has 0 radical (unpaired) electrons. The van der Waals surface area contributed by atoms with Crippen molar-refractivity contribution in [3.8, 4) is 0 Å². The van der Waals surface area contributed by atoms with E-state index in [1.807, 2.05) is 6.92 Å². The molecule has 1 aliphatic rings. The summed E-state index contributed by atoms with van der Waals surface area (Å²) in [6.45, 7) is 6.84. The molecule has 2 unspecified atom stereocenters. The van der Waals surface area contributed by atoms with Gasteiger partial charge in [-0.05, 0) is 6.92 Å². The van der Waals surface area contributed by atoms with Gasteiger partial charge < -0.3 is 14.9 Å². The number of rotatable bonds is 3. The molecule has 1 aromatic heterocycles. The van der Waals surface area contributed by atoms with Gasteiger partial charge in [-0.2, -0.15) is 0 Å². The monoisotopic (exact) mass is 226 g/mol. The van der Waals surface area contributed by atoms with E-state index in [1.165, 1.54) is 0 Å². The quantitative estimate of drug-likeness (QED) is 0.777. The summed E-state index contributed by atoms with van der Waals surface area (Å²) in [5.41, 5.74) is 5.82. The number of aryl methyl sites for hydroxylation is 1. The fourth-order valence-electron chi connectivity index (χ4n) is 1.79. The van der Waals surface area contributed by atoms with Gasteiger partial charge in [0.05, 0.1) is 19.3 Å². The number of nitrogens with two attached hydrogens (primary N) is 1. The molecule has 0 aromatic carbocycles. The van der Waals surface area contributed by atoms with E-state index in [-0.39, 0.29) is 12.1 Å².